The summed E-state index contributed by atoms with van der Waals surface area (Å²) < 4.78 is 29.1. The van der Waals surface area contributed by atoms with Gasteiger partial charge in [0.25, 0.3) is 0 Å². The molecule has 4 rings (SSSR count). The average Bonchev–Trinajstić information content (AvgIpc) is 3.20. The van der Waals surface area contributed by atoms with E-state index in [1.165, 1.54) is 14.2 Å². The van der Waals surface area contributed by atoms with Crippen LogP contribution in [-0.2, 0) is 23.5 Å². The van der Waals surface area contributed by atoms with E-state index < -0.39 is 25.9 Å². The van der Waals surface area contributed by atoms with Gasteiger partial charge in [-0.25, -0.2) is 4.79 Å². The summed E-state index contributed by atoms with van der Waals surface area (Å²) in [6.07, 6.45) is 0.486. The van der Waals surface area contributed by atoms with E-state index in [2.05, 4.69) is 33.9 Å². The van der Waals surface area contributed by atoms with Crippen molar-refractivity contribution in [2.45, 2.75) is 69.7 Å². The summed E-state index contributed by atoms with van der Waals surface area (Å²) in [4.78, 5) is 37.7. The van der Waals surface area contributed by atoms with Gasteiger partial charge in [-0.3, -0.25) is 9.59 Å². The molecule has 9 heteroatoms. The van der Waals surface area contributed by atoms with E-state index in [9.17, 15) is 14.4 Å². The second kappa shape index (κ2) is 11.2. The van der Waals surface area contributed by atoms with Gasteiger partial charge < -0.3 is 23.4 Å². The first-order chi connectivity index (χ1) is 18.8. The molecule has 0 amide bonds. The molecule has 0 bridgehead atoms. The van der Waals surface area contributed by atoms with Crippen molar-refractivity contribution in [3.8, 4) is 11.5 Å². The van der Waals surface area contributed by atoms with Crippen molar-refractivity contribution in [3.05, 3.63) is 70.8 Å². The van der Waals surface area contributed by atoms with Crippen LogP contribution in [-0.4, -0.2) is 52.7 Å². The van der Waals surface area contributed by atoms with Crippen LogP contribution in [0.3, 0.4) is 0 Å². The molecule has 0 radical (unpaired) electrons. The van der Waals surface area contributed by atoms with Crippen molar-refractivity contribution in [1.82, 2.24) is 0 Å². The van der Waals surface area contributed by atoms with Gasteiger partial charge in [-0.2, -0.15) is 0 Å². The van der Waals surface area contributed by atoms with E-state index in [-0.39, 0.29) is 36.4 Å². The van der Waals surface area contributed by atoms with E-state index in [1.807, 2.05) is 12.1 Å². The zero-order chi connectivity index (χ0) is 29.3. The summed E-state index contributed by atoms with van der Waals surface area (Å²) in [6.45, 7) is 11.1. The van der Waals surface area contributed by atoms with Crippen molar-refractivity contribution in [2.75, 3.05) is 20.8 Å². The molecule has 0 fully saturated rings. The average molecular weight is 567 g/mol. The maximum Gasteiger partial charge on any atom is 0.343 e. The third-order valence-electron chi connectivity index (χ3n) is 8.24. The molecule has 2 aromatic rings. The van der Waals surface area contributed by atoms with Crippen molar-refractivity contribution in [2.24, 2.45) is 0 Å². The van der Waals surface area contributed by atoms with Gasteiger partial charge in [0.05, 0.1) is 32.6 Å². The molecule has 2 aliphatic rings. The number of rotatable bonds is 8. The molecule has 0 spiro atoms. The Hall–Kier alpha value is -3.43. The van der Waals surface area contributed by atoms with Crippen molar-refractivity contribution >= 4 is 26.2 Å². The third kappa shape index (κ3) is 5.85. The molecule has 1 aliphatic heterocycles. The van der Waals surface area contributed by atoms with E-state index >= 15 is 0 Å². The highest BCUT2D eigenvalue weighted by Crippen LogP contribution is 2.58. The normalized spacial score (nSPS) is 20.2. The molecule has 0 unspecified atom stereocenters. The second-order valence-corrected chi connectivity index (χ2v) is 16.6. The number of ether oxygens (including phenoxy) is 4. The Balaban J connectivity index is 1.79. The standard InChI is InChI=1S/C31H38O8Si/c1-30(2,3)40(6,7)39-31-18-21(15-26(32)35-4)24(17-27(33)36-5)28(31)23-14-13-22(16-25(23)37-19-31)38-29(34)20-11-9-8-10-12-20/h8-14,16,28H,15,17-19H2,1-7H3/t28-,31+/m0/s1. The Morgan fingerprint density at radius 2 is 1.62 bits per heavy atom. The van der Waals surface area contributed by atoms with Crippen LogP contribution in [0.5, 0.6) is 11.5 Å². The van der Waals surface area contributed by atoms with Crippen molar-refractivity contribution in [1.29, 1.82) is 0 Å². The number of fused-ring (bicyclic) bond motifs is 3. The van der Waals surface area contributed by atoms with Gasteiger partial charge in [-0.15, -0.1) is 0 Å². The van der Waals surface area contributed by atoms with Gasteiger partial charge in [0.2, 0.25) is 0 Å². The summed E-state index contributed by atoms with van der Waals surface area (Å²) in [7, 11) is 0.357. The molecular weight excluding hydrogens is 528 g/mol. The molecule has 8 nitrogen and oxygen atoms in total. The van der Waals surface area contributed by atoms with Gasteiger partial charge in [-0.05, 0) is 41.9 Å². The van der Waals surface area contributed by atoms with Gasteiger partial charge in [0.1, 0.15) is 23.7 Å². The van der Waals surface area contributed by atoms with Crippen LogP contribution >= 0.6 is 0 Å². The first kappa shape index (κ1) is 29.5. The highest BCUT2D eigenvalue weighted by molar-refractivity contribution is 6.74. The van der Waals surface area contributed by atoms with Gasteiger partial charge >= 0.3 is 17.9 Å². The molecule has 214 valence electrons. The van der Waals surface area contributed by atoms with E-state index in [4.69, 9.17) is 23.4 Å². The molecule has 1 aliphatic carbocycles. The van der Waals surface area contributed by atoms with Gasteiger partial charge in [-0.1, -0.05) is 50.6 Å². The van der Waals surface area contributed by atoms with Gasteiger partial charge in [0, 0.05) is 24.0 Å². The number of methoxy groups -OCH3 is 2. The minimum Gasteiger partial charge on any atom is -0.490 e. The molecular formula is C31H38O8Si. The molecule has 2 atom stereocenters. The Kier molecular flexibility index (Phi) is 8.28. The number of benzene rings is 2. The van der Waals surface area contributed by atoms with Crippen LogP contribution in [0.2, 0.25) is 18.1 Å². The van der Waals surface area contributed by atoms with Crippen LogP contribution < -0.4 is 9.47 Å². The maximum absolute atomic E-state index is 12.7. The van der Waals surface area contributed by atoms with E-state index in [0.717, 1.165) is 16.7 Å². The fourth-order valence-electron chi connectivity index (χ4n) is 5.25. The Morgan fingerprint density at radius 3 is 2.25 bits per heavy atom. The lowest BCUT2D eigenvalue weighted by Crippen LogP contribution is -2.55. The molecule has 40 heavy (non-hydrogen) atoms. The Labute approximate surface area is 236 Å². The second-order valence-electron chi connectivity index (χ2n) is 11.9. The SMILES string of the molecule is COC(=O)CC1=C(CC(=O)OC)[C@@H]2c3ccc(OC(=O)c4ccccc4)cc3OC[C@]2(O[Si](C)(C)C(C)(C)C)C1. The summed E-state index contributed by atoms with van der Waals surface area (Å²) in [5.41, 5.74) is 2.02. The molecule has 0 saturated heterocycles. The van der Waals surface area contributed by atoms with Gasteiger partial charge in [0.15, 0.2) is 8.32 Å². The molecule has 2 aromatic carbocycles. The Morgan fingerprint density at radius 1 is 0.975 bits per heavy atom. The quantitative estimate of drug-likeness (QED) is 0.167. The number of carbonyl (C=O) groups is 3. The lowest BCUT2D eigenvalue weighted by molar-refractivity contribution is -0.141. The summed E-state index contributed by atoms with van der Waals surface area (Å²) in [5, 5.41) is -0.0876. The molecule has 1 heterocycles. The zero-order valence-corrected chi connectivity index (χ0v) is 25.3. The van der Waals surface area contributed by atoms with Crippen LogP contribution in [0.1, 0.15) is 61.9 Å². The third-order valence-corrected chi connectivity index (χ3v) is 12.8. The van der Waals surface area contributed by atoms with E-state index in [0.29, 0.717) is 23.5 Å². The lowest BCUT2D eigenvalue weighted by atomic mass is 9.78. The summed E-state index contributed by atoms with van der Waals surface area (Å²) in [6, 6.07) is 14.0. The number of hydrogen-bond acceptors (Lipinski definition) is 8. The highest BCUT2D eigenvalue weighted by atomic mass is 28.4. The smallest absolute Gasteiger partial charge is 0.343 e. The molecule has 0 saturated carbocycles. The highest BCUT2D eigenvalue weighted by Gasteiger charge is 2.57. The number of esters is 3. The summed E-state index contributed by atoms with van der Waals surface area (Å²) >= 11 is 0. The lowest BCUT2D eigenvalue weighted by Gasteiger charge is -2.49. The Bertz CT molecular complexity index is 1320. The first-order valence-electron chi connectivity index (χ1n) is 13.4. The molecule has 0 aromatic heterocycles. The fourth-order valence-corrected chi connectivity index (χ4v) is 6.82. The topological polar surface area (TPSA) is 97.4 Å². The van der Waals surface area contributed by atoms with Crippen LogP contribution in [0.4, 0.5) is 0 Å². The summed E-state index contributed by atoms with van der Waals surface area (Å²) in [5.74, 6) is -0.733. The first-order valence-corrected chi connectivity index (χ1v) is 16.3. The van der Waals surface area contributed by atoms with Crippen LogP contribution in [0.25, 0.3) is 0 Å². The number of carbonyl (C=O) groups excluding carboxylic acids is 3. The van der Waals surface area contributed by atoms with Crippen LogP contribution in [0.15, 0.2) is 59.7 Å². The maximum atomic E-state index is 12.7. The largest absolute Gasteiger partial charge is 0.490 e. The van der Waals surface area contributed by atoms with Crippen molar-refractivity contribution in [3.63, 3.8) is 0 Å². The van der Waals surface area contributed by atoms with E-state index in [1.54, 1.807) is 36.4 Å². The minimum atomic E-state index is -2.34. The predicted molar refractivity (Wildman–Crippen MR) is 152 cm³/mol. The van der Waals surface area contributed by atoms with Crippen LogP contribution in [0, 0.1) is 0 Å². The van der Waals surface area contributed by atoms with Crippen molar-refractivity contribution < 1.29 is 37.8 Å². The monoisotopic (exact) mass is 566 g/mol. The minimum absolute atomic E-state index is 0.0142. The molecule has 0 N–H and O–H groups in total. The predicted octanol–water partition coefficient (Wildman–Crippen LogP) is 5.97. The fraction of sp³-hybridized carbons (Fsp3) is 0.452. The zero-order valence-electron chi connectivity index (χ0n) is 24.3. The number of hydrogen-bond donors (Lipinski definition) is 0.